The van der Waals surface area contributed by atoms with Crippen molar-refractivity contribution < 1.29 is 13.9 Å². The molecular formula is C18H23NO3. The highest BCUT2D eigenvalue weighted by Gasteiger charge is 2.11. The Morgan fingerprint density at radius 3 is 2.59 bits per heavy atom. The monoisotopic (exact) mass is 301 g/mol. The zero-order valence-electron chi connectivity index (χ0n) is 13.2. The molecule has 0 atom stereocenters. The number of ether oxygens (including phenoxy) is 1. The van der Waals surface area contributed by atoms with Crippen molar-refractivity contribution in [3.63, 3.8) is 0 Å². The molecule has 0 unspecified atom stereocenters. The van der Waals surface area contributed by atoms with E-state index in [1.165, 1.54) is 18.4 Å². The van der Waals surface area contributed by atoms with E-state index in [0.29, 0.717) is 24.7 Å². The Morgan fingerprint density at radius 2 is 1.91 bits per heavy atom. The number of hydrogen-bond donors (Lipinski definition) is 1. The van der Waals surface area contributed by atoms with Gasteiger partial charge in [0.2, 0.25) is 0 Å². The van der Waals surface area contributed by atoms with E-state index in [2.05, 4.69) is 12.2 Å². The van der Waals surface area contributed by atoms with Gasteiger partial charge in [0, 0.05) is 12.3 Å². The molecule has 0 saturated heterocycles. The van der Waals surface area contributed by atoms with E-state index < -0.39 is 0 Å². The van der Waals surface area contributed by atoms with Crippen LogP contribution in [0.5, 0.6) is 0 Å². The maximum absolute atomic E-state index is 12.1. The summed E-state index contributed by atoms with van der Waals surface area (Å²) in [7, 11) is 0. The van der Waals surface area contributed by atoms with Gasteiger partial charge in [-0.15, -0.1) is 0 Å². The van der Waals surface area contributed by atoms with Crippen molar-refractivity contribution in [3.8, 4) is 0 Å². The molecule has 0 aliphatic carbocycles. The van der Waals surface area contributed by atoms with E-state index >= 15 is 0 Å². The molecule has 1 aromatic heterocycles. The van der Waals surface area contributed by atoms with E-state index in [9.17, 15) is 4.79 Å². The van der Waals surface area contributed by atoms with Crippen LogP contribution in [0.3, 0.4) is 0 Å². The van der Waals surface area contributed by atoms with Crippen LogP contribution < -0.4 is 5.32 Å². The number of anilines is 1. The van der Waals surface area contributed by atoms with Gasteiger partial charge in [0.05, 0.1) is 0 Å². The first kappa shape index (κ1) is 16.3. The summed E-state index contributed by atoms with van der Waals surface area (Å²) in [6.45, 7) is 5.10. The smallest absolute Gasteiger partial charge is 0.291 e. The van der Waals surface area contributed by atoms with Crippen molar-refractivity contribution in [2.24, 2.45) is 0 Å². The zero-order chi connectivity index (χ0) is 15.8. The van der Waals surface area contributed by atoms with Crippen LogP contribution in [0, 0.1) is 0 Å². The van der Waals surface area contributed by atoms with Crippen molar-refractivity contribution in [2.45, 2.75) is 39.7 Å². The molecule has 1 heterocycles. The number of rotatable bonds is 8. The number of hydrogen-bond acceptors (Lipinski definition) is 3. The van der Waals surface area contributed by atoms with Gasteiger partial charge in [0.25, 0.3) is 5.91 Å². The predicted molar refractivity (Wildman–Crippen MR) is 87.0 cm³/mol. The second-order valence-corrected chi connectivity index (χ2v) is 5.16. The highest BCUT2D eigenvalue weighted by atomic mass is 16.5. The standard InChI is InChI=1S/C18H23NO3/c1-3-5-6-14-7-9-15(10-8-14)19-18(20)17-12-11-16(22-17)13-21-4-2/h7-12H,3-6,13H2,1-2H3,(H,19,20). The highest BCUT2D eigenvalue weighted by molar-refractivity contribution is 6.02. The summed E-state index contributed by atoms with van der Waals surface area (Å²) >= 11 is 0. The largest absolute Gasteiger partial charge is 0.453 e. The molecule has 1 amide bonds. The maximum atomic E-state index is 12.1. The third kappa shape index (κ3) is 4.74. The number of unbranched alkanes of at least 4 members (excludes halogenated alkanes) is 1. The molecule has 0 fully saturated rings. The van der Waals surface area contributed by atoms with E-state index in [1.807, 2.05) is 31.2 Å². The Balaban J connectivity index is 1.92. The maximum Gasteiger partial charge on any atom is 0.291 e. The normalized spacial score (nSPS) is 10.6. The minimum atomic E-state index is -0.246. The average molecular weight is 301 g/mol. The van der Waals surface area contributed by atoms with Crippen molar-refractivity contribution in [1.82, 2.24) is 0 Å². The highest BCUT2D eigenvalue weighted by Crippen LogP contribution is 2.15. The van der Waals surface area contributed by atoms with Crippen LogP contribution in [0.4, 0.5) is 5.69 Å². The molecule has 0 spiro atoms. The van der Waals surface area contributed by atoms with Crippen LogP contribution in [0.25, 0.3) is 0 Å². The molecule has 4 heteroatoms. The molecule has 2 rings (SSSR count). The van der Waals surface area contributed by atoms with Gasteiger partial charge in [0.15, 0.2) is 5.76 Å². The lowest BCUT2D eigenvalue weighted by Crippen LogP contribution is -2.10. The Kier molecular flexibility index (Phi) is 6.22. The molecule has 4 nitrogen and oxygen atoms in total. The number of carbonyl (C=O) groups is 1. The first-order chi connectivity index (χ1) is 10.7. The van der Waals surface area contributed by atoms with Crippen LogP contribution in [0.1, 0.15) is 48.6 Å². The van der Waals surface area contributed by atoms with Crippen molar-refractivity contribution >= 4 is 11.6 Å². The van der Waals surface area contributed by atoms with E-state index in [1.54, 1.807) is 12.1 Å². The molecule has 0 aliphatic heterocycles. The van der Waals surface area contributed by atoms with Crippen molar-refractivity contribution in [2.75, 3.05) is 11.9 Å². The average Bonchev–Trinajstić information content (AvgIpc) is 3.01. The first-order valence-corrected chi connectivity index (χ1v) is 7.79. The van der Waals surface area contributed by atoms with Crippen LogP contribution >= 0.6 is 0 Å². The third-order valence-electron chi connectivity index (χ3n) is 3.36. The molecule has 1 aromatic carbocycles. The lowest BCUT2D eigenvalue weighted by Gasteiger charge is -2.05. The fourth-order valence-electron chi connectivity index (χ4n) is 2.11. The van der Waals surface area contributed by atoms with E-state index in [-0.39, 0.29) is 5.91 Å². The van der Waals surface area contributed by atoms with Gasteiger partial charge in [-0.2, -0.15) is 0 Å². The molecular weight excluding hydrogens is 278 g/mol. The Bertz CT molecular complexity index is 587. The summed E-state index contributed by atoms with van der Waals surface area (Å²) < 4.78 is 10.7. The van der Waals surface area contributed by atoms with Gasteiger partial charge >= 0.3 is 0 Å². The summed E-state index contributed by atoms with van der Waals surface area (Å²) in [6.07, 6.45) is 3.44. The van der Waals surface area contributed by atoms with Crippen LogP contribution in [-0.4, -0.2) is 12.5 Å². The van der Waals surface area contributed by atoms with E-state index in [0.717, 1.165) is 12.1 Å². The summed E-state index contributed by atoms with van der Waals surface area (Å²) in [4.78, 5) is 12.1. The van der Waals surface area contributed by atoms with Gasteiger partial charge in [0.1, 0.15) is 12.4 Å². The number of furan rings is 1. The second kappa shape index (κ2) is 8.39. The molecule has 0 aliphatic rings. The van der Waals surface area contributed by atoms with Crippen molar-refractivity contribution in [1.29, 1.82) is 0 Å². The van der Waals surface area contributed by atoms with Crippen LogP contribution in [0.2, 0.25) is 0 Å². The van der Waals surface area contributed by atoms with Crippen molar-refractivity contribution in [3.05, 3.63) is 53.5 Å². The molecule has 1 N–H and O–H groups in total. The molecule has 0 radical (unpaired) electrons. The fraction of sp³-hybridized carbons (Fsp3) is 0.389. The SMILES string of the molecule is CCCCc1ccc(NC(=O)c2ccc(COCC)o2)cc1. The Labute approximate surface area is 131 Å². The van der Waals surface area contributed by atoms with Crippen LogP contribution in [0.15, 0.2) is 40.8 Å². The second-order valence-electron chi connectivity index (χ2n) is 5.16. The topological polar surface area (TPSA) is 51.5 Å². The molecule has 22 heavy (non-hydrogen) atoms. The minimum Gasteiger partial charge on any atom is -0.453 e. The van der Waals surface area contributed by atoms with E-state index in [4.69, 9.17) is 9.15 Å². The quantitative estimate of drug-likeness (QED) is 0.785. The number of amides is 1. The molecule has 0 saturated carbocycles. The van der Waals surface area contributed by atoms with Gasteiger partial charge in [-0.1, -0.05) is 25.5 Å². The summed E-state index contributed by atoms with van der Waals surface area (Å²) in [5.74, 6) is 0.704. The fourth-order valence-corrected chi connectivity index (χ4v) is 2.11. The summed E-state index contributed by atoms with van der Waals surface area (Å²) in [6, 6.07) is 11.4. The predicted octanol–water partition coefficient (Wildman–Crippen LogP) is 4.41. The molecule has 2 aromatic rings. The lowest BCUT2D eigenvalue weighted by molar-refractivity contribution is 0.0972. The number of nitrogens with one attached hydrogen (secondary N) is 1. The third-order valence-corrected chi connectivity index (χ3v) is 3.36. The summed E-state index contributed by atoms with van der Waals surface area (Å²) in [5.41, 5.74) is 2.06. The minimum absolute atomic E-state index is 0.246. The molecule has 118 valence electrons. The first-order valence-electron chi connectivity index (χ1n) is 7.79. The zero-order valence-corrected chi connectivity index (χ0v) is 13.2. The Morgan fingerprint density at radius 1 is 1.14 bits per heavy atom. The number of aryl methyl sites for hydroxylation is 1. The number of carbonyl (C=O) groups excluding carboxylic acids is 1. The van der Waals surface area contributed by atoms with Gasteiger partial charge in [-0.05, 0) is 49.6 Å². The van der Waals surface area contributed by atoms with Crippen LogP contribution in [-0.2, 0) is 17.8 Å². The van der Waals surface area contributed by atoms with Gasteiger partial charge in [-0.3, -0.25) is 4.79 Å². The number of benzene rings is 1. The van der Waals surface area contributed by atoms with Gasteiger partial charge < -0.3 is 14.5 Å². The molecule has 0 bridgehead atoms. The van der Waals surface area contributed by atoms with Gasteiger partial charge in [-0.25, -0.2) is 0 Å². The Hall–Kier alpha value is -2.07. The lowest BCUT2D eigenvalue weighted by atomic mass is 10.1. The summed E-state index contributed by atoms with van der Waals surface area (Å²) in [5, 5.41) is 2.84.